The number of amides is 2. The Bertz CT molecular complexity index is 878. The van der Waals surface area contributed by atoms with E-state index in [9.17, 15) is 19.6 Å². The van der Waals surface area contributed by atoms with E-state index in [1.165, 1.54) is 11.8 Å². The minimum absolute atomic E-state index is 0.170. The largest absolute Gasteiger partial charge is 0.461 e. The van der Waals surface area contributed by atoms with Gasteiger partial charge in [0.05, 0.1) is 18.0 Å². The summed E-state index contributed by atoms with van der Waals surface area (Å²) in [5.41, 5.74) is 0.431. The second kappa shape index (κ2) is 7.98. The van der Waals surface area contributed by atoms with E-state index in [0.29, 0.717) is 5.69 Å². The van der Waals surface area contributed by atoms with Gasteiger partial charge in [0.2, 0.25) is 5.91 Å². The number of nitriles is 1. The first-order valence-corrected chi connectivity index (χ1v) is 10.0. The average molecular weight is 413 g/mol. The van der Waals surface area contributed by atoms with E-state index in [1.54, 1.807) is 32.9 Å². The van der Waals surface area contributed by atoms with Crippen LogP contribution < -0.4 is 10.2 Å². The molecule has 2 fully saturated rings. The molecule has 8 nitrogen and oxygen atoms in total. The maximum absolute atomic E-state index is 13.1. The molecule has 1 aliphatic heterocycles. The zero-order valence-corrected chi connectivity index (χ0v) is 17.7. The van der Waals surface area contributed by atoms with E-state index in [-0.39, 0.29) is 18.9 Å². The van der Waals surface area contributed by atoms with Crippen LogP contribution in [-0.4, -0.2) is 42.3 Å². The summed E-state index contributed by atoms with van der Waals surface area (Å²) < 4.78 is 10.6. The third-order valence-corrected chi connectivity index (χ3v) is 5.17. The first-order valence-electron chi connectivity index (χ1n) is 10.0. The van der Waals surface area contributed by atoms with Gasteiger partial charge in [-0.25, -0.2) is 4.79 Å². The molecule has 3 rings (SSSR count). The summed E-state index contributed by atoms with van der Waals surface area (Å²) in [4.78, 5) is 38.2. The van der Waals surface area contributed by atoms with Crippen LogP contribution in [0.5, 0.6) is 0 Å². The summed E-state index contributed by atoms with van der Waals surface area (Å²) in [6.45, 7) is 6.70. The molecule has 1 saturated heterocycles. The molecule has 0 bridgehead atoms. The molecule has 1 aromatic carbocycles. The van der Waals surface area contributed by atoms with E-state index >= 15 is 0 Å². The average Bonchev–Trinajstić information content (AvgIpc) is 3.44. The van der Waals surface area contributed by atoms with Crippen LogP contribution in [0.1, 0.15) is 52.5 Å². The molecule has 160 valence electrons. The zero-order chi connectivity index (χ0) is 22.1. The van der Waals surface area contributed by atoms with Crippen molar-refractivity contribution in [3.05, 3.63) is 29.8 Å². The van der Waals surface area contributed by atoms with Gasteiger partial charge in [0.1, 0.15) is 17.7 Å². The van der Waals surface area contributed by atoms with Gasteiger partial charge in [-0.2, -0.15) is 5.26 Å². The fraction of sp³-hybridized carbons (Fsp3) is 0.545. The van der Waals surface area contributed by atoms with E-state index in [2.05, 4.69) is 11.4 Å². The summed E-state index contributed by atoms with van der Waals surface area (Å²) in [6, 6.07) is 8.74. The van der Waals surface area contributed by atoms with Crippen molar-refractivity contribution in [2.75, 3.05) is 11.4 Å². The lowest BCUT2D eigenvalue weighted by molar-refractivity contribution is -0.148. The highest BCUT2D eigenvalue weighted by Gasteiger charge is 2.45. The number of esters is 1. The van der Waals surface area contributed by atoms with E-state index in [1.807, 2.05) is 12.1 Å². The van der Waals surface area contributed by atoms with Crippen LogP contribution in [0, 0.1) is 11.3 Å². The number of nitrogens with one attached hydrogen (secondary N) is 1. The number of ether oxygens (including phenoxy) is 2. The molecule has 0 spiro atoms. The normalized spacial score (nSPS) is 22.6. The number of anilines is 1. The predicted molar refractivity (Wildman–Crippen MR) is 109 cm³/mol. The molecule has 30 heavy (non-hydrogen) atoms. The lowest BCUT2D eigenvalue weighted by atomic mass is 9.96. The molecule has 0 unspecified atom stereocenters. The number of rotatable bonds is 4. The van der Waals surface area contributed by atoms with Crippen LogP contribution in [0.4, 0.5) is 10.5 Å². The fourth-order valence-electron chi connectivity index (χ4n) is 3.59. The van der Waals surface area contributed by atoms with Crippen molar-refractivity contribution >= 4 is 23.7 Å². The van der Waals surface area contributed by atoms with Gasteiger partial charge in [-0.05, 0) is 51.3 Å². The molecule has 1 N–H and O–H groups in total. The first-order chi connectivity index (χ1) is 14.0. The minimum Gasteiger partial charge on any atom is -0.461 e. The Balaban J connectivity index is 1.79. The topological polar surface area (TPSA) is 109 Å². The number of nitrogens with zero attached hydrogens (tertiary/aromatic N) is 2. The Hall–Kier alpha value is -3.08. The number of carbonyl (C=O) groups is 3. The molecule has 0 aromatic heterocycles. The molecule has 1 aliphatic carbocycles. The summed E-state index contributed by atoms with van der Waals surface area (Å²) in [5, 5.41) is 12.0. The van der Waals surface area contributed by atoms with E-state index in [4.69, 9.17) is 9.47 Å². The van der Waals surface area contributed by atoms with Crippen molar-refractivity contribution in [1.29, 1.82) is 5.26 Å². The number of piperidine rings is 1. The Kier molecular flexibility index (Phi) is 5.75. The second-order valence-electron chi connectivity index (χ2n) is 8.86. The lowest BCUT2D eigenvalue weighted by Gasteiger charge is -2.37. The van der Waals surface area contributed by atoms with Crippen molar-refractivity contribution in [1.82, 2.24) is 5.32 Å². The van der Waals surface area contributed by atoms with Crippen LogP contribution in [0.25, 0.3) is 0 Å². The summed E-state index contributed by atoms with van der Waals surface area (Å²) in [6.07, 6.45) is 0.575. The first kappa shape index (κ1) is 21.6. The van der Waals surface area contributed by atoms with Crippen LogP contribution in [0.3, 0.4) is 0 Å². The van der Waals surface area contributed by atoms with Crippen LogP contribution in [-0.2, 0) is 24.5 Å². The molecule has 2 aliphatic rings. The molecule has 1 heterocycles. The quantitative estimate of drug-likeness (QED) is 0.761. The van der Waals surface area contributed by atoms with Crippen LogP contribution in [0.2, 0.25) is 0 Å². The Labute approximate surface area is 176 Å². The number of alkyl carbamates (subject to hydrolysis) is 1. The third kappa shape index (κ3) is 4.90. The summed E-state index contributed by atoms with van der Waals surface area (Å²) >= 11 is 0. The molecule has 1 saturated carbocycles. The van der Waals surface area contributed by atoms with Gasteiger partial charge in [-0.1, -0.05) is 12.1 Å². The number of benzene rings is 1. The molecule has 1 aromatic rings. The third-order valence-electron chi connectivity index (χ3n) is 5.17. The second-order valence-corrected chi connectivity index (χ2v) is 8.86. The molecular weight excluding hydrogens is 386 g/mol. The molecule has 0 radical (unpaired) electrons. The lowest BCUT2D eigenvalue weighted by Crippen LogP contribution is -2.58. The number of hydrogen-bond donors (Lipinski definition) is 1. The molecular formula is C22H27N3O5. The number of carbonyl (C=O) groups excluding carboxylic acids is 3. The van der Waals surface area contributed by atoms with Gasteiger partial charge in [0.15, 0.2) is 0 Å². The maximum Gasteiger partial charge on any atom is 0.408 e. The van der Waals surface area contributed by atoms with Crippen molar-refractivity contribution in [2.45, 2.75) is 70.1 Å². The fourth-order valence-corrected chi connectivity index (χ4v) is 3.59. The van der Waals surface area contributed by atoms with Crippen molar-refractivity contribution in [3.8, 4) is 6.07 Å². The minimum atomic E-state index is -0.883. The zero-order valence-electron chi connectivity index (χ0n) is 17.7. The van der Waals surface area contributed by atoms with Gasteiger partial charge in [-0.3, -0.25) is 9.59 Å². The molecule has 2 amide bonds. The van der Waals surface area contributed by atoms with Gasteiger partial charge in [0, 0.05) is 19.0 Å². The van der Waals surface area contributed by atoms with Gasteiger partial charge >= 0.3 is 12.1 Å². The highest BCUT2D eigenvalue weighted by molar-refractivity contribution is 5.99. The van der Waals surface area contributed by atoms with Gasteiger partial charge < -0.3 is 19.7 Å². The predicted octanol–water partition coefficient (Wildman–Crippen LogP) is 2.80. The Morgan fingerprint density at radius 3 is 2.37 bits per heavy atom. The van der Waals surface area contributed by atoms with Crippen molar-refractivity contribution < 1.29 is 23.9 Å². The molecule has 2 atom stereocenters. The van der Waals surface area contributed by atoms with Crippen molar-refractivity contribution in [3.63, 3.8) is 0 Å². The summed E-state index contributed by atoms with van der Waals surface area (Å²) in [7, 11) is 0. The monoisotopic (exact) mass is 413 g/mol. The van der Waals surface area contributed by atoms with E-state index in [0.717, 1.165) is 18.4 Å². The maximum atomic E-state index is 13.1. The van der Waals surface area contributed by atoms with Gasteiger partial charge in [-0.15, -0.1) is 0 Å². The highest BCUT2D eigenvalue weighted by atomic mass is 16.6. The number of hydrogen-bond acceptors (Lipinski definition) is 6. The van der Waals surface area contributed by atoms with E-state index < -0.39 is 35.2 Å². The van der Waals surface area contributed by atoms with Crippen LogP contribution >= 0.6 is 0 Å². The highest BCUT2D eigenvalue weighted by Crippen LogP contribution is 2.47. The van der Waals surface area contributed by atoms with Gasteiger partial charge in [0.25, 0.3) is 0 Å². The van der Waals surface area contributed by atoms with Crippen LogP contribution in [0.15, 0.2) is 24.3 Å². The Morgan fingerprint density at radius 1 is 1.23 bits per heavy atom. The summed E-state index contributed by atoms with van der Waals surface area (Å²) in [5.74, 6) is -0.760. The smallest absolute Gasteiger partial charge is 0.408 e. The van der Waals surface area contributed by atoms with Crippen molar-refractivity contribution in [2.24, 2.45) is 0 Å². The molecule has 8 heteroatoms. The standard InChI is InChI=1S/C22H27N3O5/c1-14(26)29-17-11-18(24-20(28)30-21(2,3)4)19(27)25(12-17)16-7-5-15(6-8-16)22(13-23)9-10-22/h5-8,17-18H,9-12H2,1-4H3,(H,24,28)/t17-,18-/m1/s1. The Morgan fingerprint density at radius 2 is 1.87 bits per heavy atom. The SMILES string of the molecule is CC(=O)O[C@@H]1C[C@@H](NC(=O)OC(C)(C)C)C(=O)N(c2ccc(C3(C#N)CC3)cc2)C1.